The van der Waals surface area contributed by atoms with E-state index in [4.69, 9.17) is 21.3 Å². The molecule has 0 radical (unpaired) electrons. The number of hydrogen-bond donors (Lipinski definition) is 2. The highest BCUT2D eigenvalue weighted by Gasteiger charge is 2.20. The number of aliphatic carboxylic acids is 1. The van der Waals surface area contributed by atoms with Crippen LogP contribution in [0.4, 0.5) is 4.70 Å². The molecule has 2 N–H and O–H groups in total. The number of carboxylic acid groups (broad SMARTS) is 1. The normalized spacial score (nSPS) is 13.3. The molecule has 0 heterocycles. The van der Waals surface area contributed by atoms with Gasteiger partial charge in [0.1, 0.15) is 0 Å². The van der Waals surface area contributed by atoms with Gasteiger partial charge in [0.15, 0.2) is 0 Å². The van der Waals surface area contributed by atoms with Crippen molar-refractivity contribution < 1.29 is 31.8 Å². The average molecular weight is 211 g/mol. The van der Waals surface area contributed by atoms with Gasteiger partial charge in [-0.3, -0.25) is 9.26 Å². The Balaban J connectivity index is 0. The predicted molar refractivity (Wildman–Crippen MR) is 32.4 cm³/mol. The summed E-state index contributed by atoms with van der Waals surface area (Å²) in [6, 6.07) is 0. The van der Waals surface area contributed by atoms with Crippen LogP contribution in [0.5, 0.6) is 0 Å². The molecule has 11 heavy (non-hydrogen) atoms. The lowest BCUT2D eigenvalue weighted by Crippen LogP contribution is -2.20. The van der Waals surface area contributed by atoms with Gasteiger partial charge in [0.25, 0.3) is 0 Å². The molecule has 0 aromatic carbocycles. The van der Waals surface area contributed by atoms with Crippen LogP contribution in [0.1, 0.15) is 0 Å². The van der Waals surface area contributed by atoms with Crippen LogP contribution in [0, 0.1) is 0 Å². The van der Waals surface area contributed by atoms with E-state index in [9.17, 15) is 13.2 Å². The van der Waals surface area contributed by atoms with Gasteiger partial charge in [-0.25, -0.2) is 8.98 Å². The van der Waals surface area contributed by atoms with Crippen molar-refractivity contribution in [2.45, 2.75) is 5.56 Å². The Hall–Kier alpha value is -0.440. The number of carboxylic acids is 1. The molecule has 0 bridgehead atoms. The van der Waals surface area contributed by atoms with Crippen LogP contribution in [0.3, 0.4) is 0 Å². The molecule has 0 aromatic heterocycles. The van der Waals surface area contributed by atoms with Crippen LogP contribution < -0.4 is 0 Å². The molecule has 0 aliphatic rings. The molecule has 9 heteroatoms. The minimum Gasteiger partial charge on any atom is -0.478 e. The lowest BCUT2D eigenvalue weighted by atomic mass is 10.8. The van der Waals surface area contributed by atoms with E-state index in [1.54, 1.807) is 0 Å². The number of alkyl halides is 1. The Morgan fingerprint density at radius 3 is 2.00 bits per heavy atom. The van der Waals surface area contributed by atoms with Crippen molar-refractivity contribution in [2.24, 2.45) is 0 Å². The number of hydrogen-bond acceptors (Lipinski definition) is 4. The maximum atomic E-state index is 9.74. The number of rotatable bonds is 3. The van der Waals surface area contributed by atoms with Crippen LogP contribution in [-0.2, 0) is 19.4 Å². The summed E-state index contributed by atoms with van der Waals surface area (Å²) in [6.07, 6.45) is 0. The second kappa shape index (κ2) is 4.44. The molecule has 0 amide bonds. The standard InChI is InChI=1S/C2H3ClO6S.FH/c3-1(2(4)5)9-10(6,7)8;/h1H,(H,4,5)(H,6,7,8);1H. The van der Waals surface area contributed by atoms with Crippen LogP contribution in [-0.4, -0.2) is 29.6 Å². The number of carbonyl (C=O) groups is 1. The van der Waals surface area contributed by atoms with Crippen molar-refractivity contribution >= 4 is 28.0 Å². The first-order chi connectivity index (χ1) is 4.33. The van der Waals surface area contributed by atoms with Gasteiger partial charge < -0.3 is 5.11 Å². The molecule has 1 atom stereocenters. The van der Waals surface area contributed by atoms with Crippen LogP contribution in [0.2, 0.25) is 0 Å². The summed E-state index contributed by atoms with van der Waals surface area (Å²) in [5.74, 6) is -1.70. The molecule has 0 spiro atoms. The van der Waals surface area contributed by atoms with E-state index in [2.05, 4.69) is 4.18 Å². The summed E-state index contributed by atoms with van der Waals surface area (Å²) >= 11 is 4.74. The predicted octanol–water partition coefficient (Wildman–Crippen LogP) is -0.392. The molecule has 0 rings (SSSR count). The molecule has 0 aliphatic heterocycles. The molecule has 0 saturated carbocycles. The quantitative estimate of drug-likeness (QED) is 0.486. The van der Waals surface area contributed by atoms with Crippen LogP contribution in [0.15, 0.2) is 0 Å². The van der Waals surface area contributed by atoms with Crippen molar-refractivity contribution in [2.75, 3.05) is 0 Å². The van der Waals surface area contributed by atoms with Gasteiger partial charge >= 0.3 is 16.4 Å². The summed E-state index contributed by atoms with van der Waals surface area (Å²) in [5, 5.41) is 7.91. The molecule has 6 nitrogen and oxygen atoms in total. The third-order valence-corrected chi connectivity index (χ3v) is 1.22. The molecule has 0 aliphatic carbocycles. The Labute approximate surface area is 66.0 Å². The molecule has 1 unspecified atom stereocenters. The van der Waals surface area contributed by atoms with E-state index in [0.29, 0.717) is 0 Å². The second-order valence-corrected chi connectivity index (χ2v) is 2.62. The van der Waals surface area contributed by atoms with Crippen molar-refractivity contribution in [1.82, 2.24) is 0 Å². The molecular weight excluding hydrogens is 207 g/mol. The van der Waals surface area contributed by atoms with E-state index in [1.165, 1.54) is 0 Å². The maximum absolute atomic E-state index is 9.74. The van der Waals surface area contributed by atoms with Crippen LogP contribution in [0.25, 0.3) is 0 Å². The summed E-state index contributed by atoms with van der Waals surface area (Å²) in [5.41, 5.74) is -2.09. The van der Waals surface area contributed by atoms with Crippen molar-refractivity contribution in [3.63, 3.8) is 0 Å². The summed E-state index contributed by atoms with van der Waals surface area (Å²) in [7, 11) is -4.78. The lowest BCUT2D eigenvalue weighted by Gasteiger charge is -1.99. The monoisotopic (exact) mass is 210 g/mol. The summed E-state index contributed by atoms with van der Waals surface area (Å²) in [6.45, 7) is 0. The lowest BCUT2D eigenvalue weighted by molar-refractivity contribution is -0.141. The topological polar surface area (TPSA) is 101 Å². The van der Waals surface area contributed by atoms with Gasteiger partial charge in [-0.05, 0) is 0 Å². The van der Waals surface area contributed by atoms with Crippen LogP contribution >= 0.6 is 11.6 Å². The third-order valence-electron chi connectivity index (χ3n) is 0.400. The van der Waals surface area contributed by atoms with E-state index in [0.717, 1.165) is 0 Å². The molecule has 0 fully saturated rings. The fourth-order valence-corrected chi connectivity index (χ4v) is 0.720. The second-order valence-electron chi connectivity index (χ2n) is 1.18. The zero-order valence-corrected chi connectivity index (χ0v) is 6.37. The minimum absolute atomic E-state index is 0. The zero-order chi connectivity index (χ0) is 8.36. The highest BCUT2D eigenvalue weighted by atomic mass is 35.5. The van der Waals surface area contributed by atoms with E-state index < -0.39 is 21.9 Å². The summed E-state index contributed by atoms with van der Waals surface area (Å²) < 4.78 is 30.7. The Bertz CT molecular complexity index is 223. The van der Waals surface area contributed by atoms with E-state index >= 15 is 0 Å². The third kappa shape index (κ3) is 7.46. The Morgan fingerprint density at radius 1 is 1.55 bits per heavy atom. The SMILES string of the molecule is F.O=C(O)C(Cl)OS(=O)(=O)O. The van der Waals surface area contributed by atoms with Crippen molar-refractivity contribution in [3.05, 3.63) is 0 Å². The fraction of sp³-hybridized carbons (Fsp3) is 0.500. The van der Waals surface area contributed by atoms with Crippen molar-refractivity contribution in [1.29, 1.82) is 0 Å². The van der Waals surface area contributed by atoms with Gasteiger partial charge in [-0.15, -0.1) is 0 Å². The first kappa shape index (κ1) is 13.2. The molecule has 0 saturated heterocycles. The molecule has 68 valence electrons. The Morgan fingerprint density at radius 2 is 1.91 bits per heavy atom. The average Bonchev–Trinajstić information content (AvgIpc) is 1.60. The highest BCUT2D eigenvalue weighted by molar-refractivity contribution is 7.81. The van der Waals surface area contributed by atoms with Crippen molar-refractivity contribution in [3.8, 4) is 0 Å². The Kier molecular flexibility index (Phi) is 5.32. The van der Waals surface area contributed by atoms with E-state index in [-0.39, 0.29) is 4.70 Å². The molecular formula is C2H4ClFO6S. The largest absolute Gasteiger partial charge is 0.478 e. The minimum atomic E-state index is -4.78. The van der Waals surface area contributed by atoms with Gasteiger partial charge in [0.05, 0.1) is 0 Å². The fourth-order valence-electron chi connectivity index (χ4n) is 0.148. The smallest absolute Gasteiger partial charge is 0.399 e. The number of halogens is 2. The van der Waals surface area contributed by atoms with Gasteiger partial charge in [-0.2, -0.15) is 8.42 Å². The van der Waals surface area contributed by atoms with Gasteiger partial charge in [0, 0.05) is 0 Å². The first-order valence-electron chi connectivity index (χ1n) is 1.85. The van der Waals surface area contributed by atoms with Gasteiger partial charge in [-0.1, -0.05) is 11.6 Å². The first-order valence-corrected chi connectivity index (χ1v) is 3.65. The highest BCUT2D eigenvalue weighted by Crippen LogP contribution is 2.01. The van der Waals surface area contributed by atoms with Gasteiger partial charge in [0.2, 0.25) is 5.56 Å². The summed E-state index contributed by atoms with van der Waals surface area (Å²) in [4.78, 5) is 9.74. The maximum Gasteiger partial charge on any atom is 0.399 e. The van der Waals surface area contributed by atoms with E-state index in [1.807, 2.05) is 0 Å². The zero-order valence-electron chi connectivity index (χ0n) is 4.80. The molecule has 0 aromatic rings.